The van der Waals surface area contributed by atoms with Crippen LogP contribution in [0.1, 0.15) is 92.1 Å². The molecule has 0 amide bonds. The summed E-state index contributed by atoms with van der Waals surface area (Å²) in [5.74, 6) is -7.80. The normalized spacial score (nSPS) is 29.4. The van der Waals surface area contributed by atoms with Gasteiger partial charge in [-0.1, -0.05) is 70.3 Å². The summed E-state index contributed by atoms with van der Waals surface area (Å²) in [5, 5.41) is 28.3. The number of hydrogen-bond acceptors (Lipinski definition) is 3. The fourth-order valence-corrected chi connectivity index (χ4v) is 3.72. The molecule has 6 heteroatoms. The van der Waals surface area contributed by atoms with Gasteiger partial charge >= 0.3 is 17.9 Å². The van der Waals surface area contributed by atoms with Crippen LogP contribution in [0.3, 0.4) is 0 Å². The summed E-state index contributed by atoms with van der Waals surface area (Å²) >= 11 is 0. The molecular formula is C22H36O6. The van der Waals surface area contributed by atoms with Crippen LogP contribution in [0, 0.1) is 23.7 Å². The van der Waals surface area contributed by atoms with E-state index >= 15 is 0 Å². The summed E-state index contributed by atoms with van der Waals surface area (Å²) in [6.07, 6.45) is -0.0534. The van der Waals surface area contributed by atoms with Gasteiger partial charge in [0, 0.05) is 14.6 Å². The van der Waals surface area contributed by atoms with Gasteiger partial charge in [0.15, 0.2) is 0 Å². The number of aliphatic carboxylic acids is 3. The van der Waals surface area contributed by atoms with Gasteiger partial charge in [0.1, 0.15) is 0 Å². The zero-order chi connectivity index (χ0) is 26.1. The van der Waals surface area contributed by atoms with E-state index in [1.807, 2.05) is 0 Å². The molecule has 6 nitrogen and oxygen atoms in total. The van der Waals surface area contributed by atoms with Crippen LogP contribution >= 0.6 is 0 Å². The predicted molar refractivity (Wildman–Crippen MR) is 107 cm³/mol. The minimum absolute atomic E-state index is 0.102. The van der Waals surface area contributed by atoms with Crippen LogP contribution in [0.5, 0.6) is 0 Å². The van der Waals surface area contributed by atoms with Crippen molar-refractivity contribution in [2.75, 3.05) is 0 Å². The maximum absolute atomic E-state index is 12.1. The second-order valence-corrected chi connectivity index (χ2v) is 7.19. The van der Waals surface area contributed by atoms with Crippen LogP contribution in [-0.4, -0.2) is 33.2 Å². The van der Waals surface area contributed by atoms with E-state index in [1.54, 1.807) is 6.08 Å². The molecule has 0 radical (unpaired) electrons. The fourth-order valence-electron chi connectivity index (χ4n) is 3.72. The quantitative estimate of drug-likeness (QED) is 0.263. The third kappa shape index (κ3) is 8.44. The van der Waals surface area contributed by atoms with E-state index in [-0.39, 0.29) is 13.3 Å². The SMILES string of the molecule is [2H]CC([2H])CC([2H])([2H])C([2H])([2H])CC1C=CC(CCCCCCCC(=O)O)C(C(=O)O)C1C(=O)O. The maximum Gasteiger partial charge on any atom is 0.307 e. The van der Waals surface area contributed by atoms with Crippen molar-refractivity contribution >= 4 is 17.9 Å². The molecule has 28 heavy (non-hydrogen) atoms. The largest absolute Gasteiger partial charge is 0.481 e. The van der Waals surface area contributed by atoms with Crippen molar-refractivity contribution in [3.05, 3.63) is 12.2 Å². The highest BCUT2D eigenvalue weighted by Crippen LogP contribution is 2.39. The van der Waals surface area contributed by atoms with Crippen LogP contribution in [0.15, 0.2) is 12.2 Å². The average Bonchev–Trinajstić information content (AvgIpc) is 2.71. The second-order valence-electron chi connectivity index (χ2n) is 7.19. The summed E-state index contributed by atoms with van der Waals surface area (Å²) in [7, 11) is 0. The van der Waals surface area contributed by atoms with Gasteiger partial charge in [0.25, 0.3) is 0 Å². The lowest BCUT2D eigenvalue weighted by Crippen LogP contribution is -2.41. The highest BCUT2D eigenvalue weighted by Gasteiger charge is 2.44. The molecule has 0 saturated carbocycles. The molecule has 5 atom stereocenters. The van der Waals surface area contributed by atoms with Gasteiger partial charge in [-0.3, -0.25) is 14.4 Å². The number of allylic oxidation sites excluding steroid dienone is 2. The first-order valence-electron chi connectivity index (χ1n) is 13.1. The third-order valence-electron chi connectivity index (χ3n) is 5.12. The van der Waals surface area contributed by atoms with Crippen molar-refractivity contribution in [3.8, 4) is 0 Å². The van der Waals surface area contributed by atoms with Crippen LogP contribution in [0.4, 0.5) is 0 Å². The van der Waals surface area contributed by atoms with Crippen molar-refractivity contribution in [2.24, 2.45) is 23.7 Å². The molecule has 1 rings (SSSR count). The molecule has 1 aliphatic carbocycles. The Hall–Kier alpha value is -1.85. The number of carboxylic acid groups (broad SMARTS) is 3. The van der Waals surface area contributed by atoms with Crippen molar-refractivity contribution in [2.45, 2.75) is 83.8 Å². The van der Waals surface area contributed by atoms with Gasteiger partial charge in [-0.2, -0.15) is 0 Å². The zero-order valence-electron chi connectivity index (χ0n) is 22.2. The molecule has 0 aliphatic heterocycles. The first-order chi connectivity index (χ1) is 15.7. The molecule has 0 aromatic heterocycles. The van der Waals surface area contributed by atoms with E-state index in [9.17, 15) is 24.6 Å². The van der Waals surface area contributed by atoms with Gasteiger partial charge in [-0.05, 0) is 31.1 Å². The Labute approximate surface area is 176 Å². The molecule has 0 aromatic carbocycles. The smallest absolute Gasteiger partial charge is 0.307 e. The van der Waals surface area contributed by atoms with Gasteiger partial charge in [0.05, 0.1) is 11.8 Å². The van der Waals surface area contributed by atoms with Crippen LogP contribution < -0.4 is 0 Å². The number of rotatable bonds is 15. The van der Waals surface area contributed by atoms with Crippen LogP contribution in [-0.2, 0) is 14.4 Å². The second kappa shape index (κ2) is 13.3. The summed E-state index contributed by atoms with van der Waals surface area (Å²) in [6, 6.07) is 0. The average molecular weight is 403 g/mol. The molecule has 0 fully saturated rings. The third-order valence-corrected chi connectivity index (χ3v) is 5.12. The first kappa shape index (κ1) is 16.0. The molecule has 0 bridgehead atoms. The Morgan fingerprint density at radius 1 is 0.821 bits per heavy atom. The summed E-state index contributed by atoms with van der Waals surface area (Å²) < 4.78 is 47.5. The van der Waals surface area contributed by atoms with E-state index in [0.717, 1.165) is 19.3 Å². The lowest BCUT2D eigenvalue weighted by Gasteiger charge is -2.35. The van der Waals surface area contributed by atoms with E-state index < -0.39 is 73.6 Å². The Morgan fingerprint density at radius 3 is 1.96 bits per heavy atom. The molecule has 1 aliphatic rings. The molecule has 0 saturated heterocycles. The number of unbranched alkanes of at least 4 members (excludes halogenated alkanes) is 4. The van der Waals surface area contributed by atoms with Crippen molar-refractivity contribution in [3.63, 3.8) is 0 Å². The predicted octanol–water partition coefficient (Wildman–Crippen LogP) is 4.98. The Balaban J connectivity index is 2.91. The Morgan fingerprint density at radius 2 is 1.39 bits per heavy atom. The molecular weight excluding hydrogens is 360 g/mol. The Bertz CT molecular complexity index is 729. The summed E-state index contributed by atoms with van der Waals surface area (Å²) in [5.41, 5.74) is 0. The lowest BCUT2D eigenvalue weighted by atomic mass is 9.67. The van der Waals surface area contributed by atoms with E-state index in [4.69, 9.17) is 13.3 Å². The van der Waals surface area contributed by atoms with Crippen molar-refractivity contribution in [1.82, 2.24) is 0 Å². The molecule has 0 spiro atoms. The molecule has 0 heterocycles. The molecule has 0 aromatic rings. The van der Waals surface area contributed by atoms with Gasteiger partial charge < -0.3 is 15.3 Å². The molecule has 160 valence electrons. The van der Waals surface area contributed by atoms with Crippen molar-refractivity contribution in [1.29, 1.82) is 0 Å². The minimum atomic E-state index is -2.52. The summed E-state index contributed by atoms with van der Waals surface area (Å²) in [4.78, 5) is 34.7. The van der Waals surface area contributed by atoms with E-state index in [0.29, 0.717) is 19.3 Å². The number of carboxylic acids is 3. The van der Waals surface area contributed by atoms with Crippen molar-refractivity contribution < 1.29 is 37.9 Å². The molecule has 5 unspecified atom stereocenters. The van der Waals surface area contributed by atoms with Gasteiger partial charge in [-0.15, -0.1) is 0 Å². The van der Waals surface area contributed by atoms with Crippen LogP contribution in [0.2, 0.25) is 0 Å². The van der Waals surface area contributed by atoms with Crippen LogP contribution in [0.25, 0.3) is 0 Å². The topological polar surface area (TPSA) is 112 Å². The highest BCUT2D eigenvalue weighted by molar-refractivity contribution is 5.81. The number of carbonyl (C=O) groups is 3. The highest BCUT2D eigenvalue weighted by atomic mass is 16.4. The van der Waals surface area contributed by atoms with Gasteiger partial charge in [-0.25, -0.2) is 0 Å². The Kier molecular flexibility index (Phi) is 7.63. The van der Waals surface area contributed by atoms with Gasteiger partial charge in [0.2, 0.25) is 0 Å². The minimum Gasteiger partial charge on any atom is -0.481 e. The monoisotopic (exact) mass is 402 g/mol. The summed E-state index contributed by atoms with van der Waals surface area (Å²) in [6.45, 7) is -0.390. The van der Waals surface area contributed by atoms with E-state index in [1.165, 1.54) is 6.08 Å². The number of hydrogen-bond donors (Lipinski definition) is 3. The first-order valence-corrected chi connectivity index (χ1v) is 9.80. The maximum atomic E-state index is 12.1. The lowest BCUT2D eigenvalue weighted by molar-refractivity contribution is -0.158. The van der Waals surface area contributed by atoms with E-state index in [2.05, 4.69) is 0 Å². The fraction of sp³-hybridized carbons (Fsp3) is 0.773. The standard InChI is InChI=1S/C22H36O6/c1-2-3-4-8-11-16-14-15-17(20(22(27)28)19(16)21(25)26)12-9-6-5-7-10-13-18(23)24/h14-17,19-20H,2-13H2,1H3,(H,23,24)(H,25,26)(H,27,28)/i1D,2D,4D2,8D2. The zero-order valence-corrected chi connectivity index (χ0v) is 16.2. The molecule has 3 N–H and O–H groups in total.